The molecular weight excluding hydrogens is 410 g/mol. The van der Waals surface area contributed by atoms with E-state index in [0.29, 0.717) is 16.7 Å². The number of benzene rings is 2. The Kier molecular flexibility index (Phi) is 5.65. The molecule has 140 valence electrons. The van der Waals surface area contributed by atoms with E-state index in [0.717, 1.165) is 21.2 Å². The third-order valence-electron chi connectivity index (χ3n) is 4.24. The molecule has 0 radical (unpaired) electrons. The predicted octanol–water partition coefficient (Wildman–Crippen LogP) is 4.88. The minimum absolute atomic E-state index is 0.133. The summed E-state index contributed by atoms with van der Waals surface area (Å²) in [5.74, 6) is 0.282. The van der Waals surface area contributed by atoms with Crippen molar-refractivity contribution in [2.45, 2.75) is 19.9 Å². The van der Waals surface area contributed by atoms with E-state index in [9.17, 15) is 9.90 Å². The molecule has 1 aromatic heterocycles. The summed E-state index contributed by atoms with van der Waals surface area (Å²) in [6.07, 6.45) is 0. The van der Waals surface area contributed by atoms with Gasteiger partial charge in [-0.1, -0.05) is 29.8 Å². The molecule has 3 rings (SSSR count). The van der Waals surface area contributed by atoms with Gasteiger partial charge < -0.3 is 14.3 Å². The molecule has 5 nitrogen and oxygen atoms in total. The Morgan fingerprint density at radius 1 is 1.15 bits per heavy atom. The highest BCUT2D eigenvalue weighted by Gasteiger charge is 2.20. The number of carboxylic acid groups (broad SMARTS) is 1. The van der Waals surface area contributed by atoms with Gasteiger partial charge in [-0.15, -0.1) is 0 Å². The van der Waals surface area contributed by atoms with Gasteiger partial charge >= 0.3 is 5.97 Å². The molecule has 0 saturated heterocycles. The van der Waals surface area contributed by atoms with Crippen LogP contribution in [0.2, 0.25) is 0 Å². The summed E-state index contributed by atoms with van der Waals surface area (Å²) in [5.41, 5.74) is 1.49. The van der Waals surface area contributed by atoms with Gasteiger partial charge in [0, 0.05) is 21.5 Å². The van der Waals surface area contributed by atoms with Gasteiger partial charge in [0.15, 0.2) is 0 Å². The maximum Gasteiger partial charge on any atom is 0.328 e. The van der Waals surface area contributed by atoms with Gasteiger partial charge in [0.1, 0.15) is 23.1 Å². The zero-order valence-corrected chi connectivity index (χ0v) is 16.9. The number of carboxylic acids is 1. The molecule has 3 aromatic rings. The van der Waals surface area contributed by atoms with Gasteiger partial charge in [-0.3, -0.25) is 4.99 Å². The smallest absolute Gasteiger partial charge is 0.328 e. The average molecular weight is 430 g/mol. The van der Waals surface area contributed by atoms with Crippen molar-refractivity contribution in [3.63, 3.8) is 0 Å². The summed E-state index contributed by atoms with van der Waals surface area (Å²) in [5, 5.41) is 10.9. The Hall–Kier alpha value is -2.60. The first-order valence-corrected chi connectivity index (χ1v) is 9.33. The zero-order chi connectivity index (χ0) is 19.6. The summed E-state index contributed by atoms with van der Waals surface area (Å²) < 4.78 is 12.1. The lowest BCUT2D eigenvalue weighted by molar-refractivity contribution is -0.139. The van der Waals surface area contributed by atoms with Crippen LogP contribution >= 0.6 is 15.9 Å². The Labute approximate surface area is 165 Å². The number of halogens is 1. The van der Waals surface area contributed by atoms with Crippen LogP contribution in [0.1, 0.15) is 13.8 Å². The number of ether oxygens (including phenoxy) is 1. The zero-order valence-electron chi connectivity index (χ0n) is 15.3. The molecule has 0 aliphatic rings. The summed E-state index contributed by atoms with van der Waals surface area (Å²) >= 11 is 3.46. The molecule has 0 fully saturated rings. The lowest BCUT2D eigenvalue weighted by Gasteiger charge is -2.12. The average Bonchev–Trinajstić information content (AvgIpc) is 2.65. The Morgan fingerprint density at radius 2 is 1.85 bits per heavy atom. The van der Waals surface area contributed by atoms with E-state index >= 15 is 0 Å². The van der Waals surface area contributed by atoms with Crippen LogP contribution in [0, 0.1) is 5.92 Å². The summed E-state index contributed by atoms with van der Waals surface area (Å²) in [7, 11) is 1.61. The molecule has 0 aliphatic carbocycles. The predicted molar refractivity (Wildman–Crippen MR) is 108 cm³/mol. The fraction of sp³-hybridized carbons (Fsp3) is 0.238. The van der Waals surface area contributed by atoms with E-state index in [-0.39, 0.29) is 5.92 Å². The Bertz CT molecular complexity index is 1040. The molecule has 0 bridgehead atoms. The number of fused-ring (bicyclic) bond motifs is 1. The number of methoxy groups -OCH3 is 1. The van der Waals surface area contributed by atoms with Crippen molar-refractivity contribution >= 4 is 32.9 Å². The van der Waals surface area contributed by atoms with Crippen LogP contribution in [0.3, 0.4) is 0 Å². The van der Waals surface area contributed by atoms with Crippen LogP contribution in [0.25, 0.3) is 22.3 Å². The highest BCUT2D eigenvalue weighted by molar-refractivity contribution is 9.10. The second-order valence-electron chi connectivity index (χ2n) is 6.52. The first-order chi connectivity index (χ1) is 12.9. The number of carbonyl (C=O) groups is 1. The third-order valence-corrected chi connectivity index (χ3v) is 4.74. The second-order valence-corrected chi connectivity index (χ2v) is 7.44. The SMILES string of the molecule is COc1ccc(-c2cc(=NC(C(=O)O)C(C)C)c3cc(Br)ccc3o2)cc1. The van der Waals surface area contributed by atoms with Gasteiger partial charge in [-0.05, 0) is 48.4 Å². The normalized spacial score (nSPS) is 13.1. The molecule has 0 amide bonds. The molecule has 1 unspecified atom stereocenters. The Morgan fingerprint density at radius 3 is 2.44 bits per heavy atom. The van der Waals surface area contributed by atoms with Crippen LogP contribution in [0.15, 0.2) is 62.4 Å². The van der Waals surface area contributed by atoms with E-state index in [1.807, 2.05) is 56.3 Å². The van der Waals surface area contributed by atoms with Crippen molar-refractivity contribution in [2.24, 2.45) is 10.9 Å². The van der Waals surface area contributed by atoms with E-state index in [4.69, 9.17) is 9.15 Å². The van der Waals surface area contributed by atoms with E-state index < -0.39 is 12.0 Å². The molecule has 0 aliphatic heterocycles. The number of rotatable bonds is 5. The monoisotopic (exact) mass is 429 g/mol. The number of nitrogens with zero attached hydrogens (tertiary/aromatic N) is 1. The second kappa shape index (κ2) is 7.96. The molecule has 2 aromatic carbocycles. The van der Waals surface area contributed by atoms with E-state index in [1.165, 1.54) is 0 Å². The summed E-state index contributed by atoms with van der Waals surface area (Å²) in [4.78, 5) is 16.2. The van der Waals surface area contributed by atoms with Gasteiger partial charge in [0.2, 0.25) is 0 Å². The van der Waals surface area contributed by atoms with Crippen molar-refractivity contribution in [2.75, 3.05) is 7.11 Å². The van der Waals surface area contributed by atoms with Crippen LogP contribution in [-0.2, 0) is 4.79 Å². The van der Waals surface area contributed by atoms with E-state index in [1.54, 1.807) is 13.2 Å². The minimum atomic E-state index is -0.945. The molecule has 6 heteroatoms. The Balaban J connectivity index is 2.26. The van der Waals surface area contributed by atoms with Crippen LogP contribution < -0.4 is 10.1 Å². The maximum absolute atomic E-state index is 11.6. The molecule has 1 N–H and O–H groups in total. The number of hydrogen-bond acceptors (Lipinski definition) is 4. The number of hydrogen-bond donors (Lipinski definition) is 1. The quantitative estimate of drug-likeness (QED) is 0.626. The maximum atomic E-state index is 11.6. The first kappa shape index (κ1) is 19.2. The molecule has 0 spiro atoms. The standard InChI is InChI=1S/C21H20BrNO4/c1-12(2)20(21(24)25)23-17-11-19(13-4-7-15(26-3)8-5-13)27-18-9-6-14(22)10-16(17)18/h4-12,20H,1-3H3,(H,24,25). The highest BCUT2D eigenvalue weighted by Crippen LogP contribution is 2.26. The lowest BCUT2D eigenvalue weighted by Crippen LogP contribution is -2.27. The molecular formula is C21H20BrNO4. The van der Waals surface area contributed by atoms with Crippen molar-refractivity contribution < 1.29 is 19.1 Å². The minimum Gasteiger partial charge on any atom is -0.497 e. The molecule has 0 saturated carbocycles. The highest BCUT2D eigenvalue weighted by atomic mass is 79.9. The van der Waals surface area contributed by atoms with Crippen molar-refractivity contribution in [1.82, 2.24) is 0 Å². The van der Waals surface area contributed by atoms with Crippen LogP contribution in [-0.4, -0.2) is 24.2 Å². The molecule has 27 heavy (non-hydrogen) atoms. The van der Waals surface area contributed by atoms with Gasteiger partial charge in [-0.25, -0.2) is 4.79 Å². The topological polar surface area (TPSA) is 72.0 Å². The molecule has 1 heterocycles. The van der Waals surface area contributed by atoms with Gasteiger partial charge in [-0.2, -0.15) is 0 Å². The van der Waals surface area contributed by atoms with Crippen molar-refractivity contribution in [1.29, 1.82) is 0 Å². The van der Waals surface area contributed by atoms with Gasteiger partial charge in [0.25, 0.3) is 0 Å². The fourth-order valence-electron chi connectivity index (χ4n) is 2.78. The van der Waals surface area contributed by atoms with Crippen LogP contribution in [0.4, 0.5) is 0 Å². The largest absolute Gasteiger partial charge is 0.497 e. The summed E-state index contributed by atoms with van der Waals surface area (Å²) in [6.45, 7) is 3.69. The fourth-order valence-corrected chi connectivity index (χ4v) is 3.15. The third kappa shape index (κ3) is 4.22. The van der Waals surface area contributed by atoms with Crippen molar-refractivity contribution in [3.8, 4) is 17.1 Å². The van der Waals surface area contributed by atoms with E-state index in [2.05, 4.69) is 20.9 Å². The van der Waals surface area contributed by atoms with Gasteiger partial charge in [0.05, 0.1) is 12.5 Å². The summed E-state index contributed by atoms with van der Waals surface area (Å²) in [6, 6.07) is 14.0. The first-order valence-electron chi connectivity index (χ1n) is 8.53. The van der Waals surface area contributed by atoms with Crippen molar-refractivity contribution in [3.05, 3.63) is 58.4 Å². The van der Waals surface area contributed by atoms with Crippen LogP contribution in [0.5, 0.6) is 5.75 Å². The lowest BCUT2D eigenvalue weighted by atomic mass is 10.1. The number of aliphatic carboxylic acids is 1. The molecule has 1 atom stereocenters.